The molecule has 6 heteroatoms. The van der Waals surface area contributed by atoms with Crippen molar-refractivity contribution in [2.45, 2.75) is 45.2 Å². The topological polar surface area (TPSA) is 35.6 Å². The van der Waals surface area contributed by atoms with E-state index in [4.69, 9.17) is 0 Å². The molecule has 3 aliphatic heterocycles. The van der Waals surface area contributed by atoms with E-state index in [1.807, 2.05) is 23.5 Å². The molecule has 4 nitrogen and oxygen atoms in total. The van der Waals surface area contributed by atoms with Gasteiger partial charge in [0.15, 0.2) is 0 Å². The van der Waals surface area contributed by atoms with Gasteiger partial charge in [-0.1, -0.05) is 0 Å². The van der Waals surface area contributed by atoms with Crippen molar-refractivity contribution in [3.05, 3.63) is 0 Å². The number of likely N-dealkylation sites (tertiary alicyclic amines) is 1. The first-order valence-electron chi connectivity index (χ1n) is 8.52. The predicted octanol–water partition coefficient (Wildman–Crippen LogP) is 2.06. The summed E-state index contributed by atoms with van der Waals surface area (Å²) in [4.78, 5) is 17.6. The highest BCUT2D eigenvalue weighted by Gasteiger charge is 2.45. The Balaban J connectivity index is 1.63. The van der Waals surface area contributed by atoms with Crippen molar-refractivity contribution in [3.63, 3.8) is 0 Å². The lowest BCUT2D eigenvalue weighted by Crippen LogP contribution is -2.48. The second-order valence-corrected chi connectivity index (χ2v) is 9.26. The minimum absolute atomic E-state index is 0.0254. The minimum atomic E-state index is 0.0254. The molecule has 2 atom stereocenters. The van der Waals surface area contributed by atoms with Gasteiger partial charge in [-0.2, -0.15) is 0 Å². The van der Waals surface area contributed by atoms with Gasteiger partial charge < -0.3 is 10.2 Å². The largest absolute Gasteiger partial charge is 0.338 e. The molecule has 3 aliphatic rings. The summed E-state index contributed by atoms with van der Waals surface area (Å²) in [5.41, 5.74) is 0.391. The fraction of sp³-hybridized carbons (Fsp3) is 0.938. The lowest BCUT2D eigenvalue weighted by Gasteiger charge is -2.35. The van der Waals surface area contributed by atoms with E-state index in [0.717, 1.165) is 31.4 Å². The Hall–Kier alpha value is 0.0900. The zero-order chi connectivity index (χ0) is 15.6. The Morgan fingerprint density at radius 1 is 1.23 bits per heavy atom. The van der Waals surface area contributed by atoms with E-state index in [-0.39, 0.29) is 6.04 Å². The van der Waals surface area contributed by atoms with Gasteiger partial charge in [-0.3, -0.25) is 9.69 Å². The van der Waals surface area contributed by atoms with Crippen LogP contribution in [0, 0.1) is 5.41 Å². The third kappa shape index (κ3) is 3.60. The smallest absolute Gasteiger partial charge is 0.239 e. The van der Waals surface area contributed by atoms with Crippen LogP contribution in [0.5, 0.6) is 0 Å². The number of rotatable bonds is 2. The summed E-state index contributed by atoms with van der Waals surface area (Å²) >= 11 is 3.92. The maximum absolute atomic E-state index is 13.0. The van der Waals surface area contributed by atoms with Crippen LogP contribution >= 0.6 is 23.5 Å². The molecule has 1 spiro atoms. The van der Waals surface area contributed by atoms with Crippen molar-refractivity contribution in [2.24, 2.45) is 5.41 Å². The van der Waals surface area contributed by atoms with E-state index in [1.165, 1.54) is 30.8 Å². The van der Waals surface area contributed by atoms with Crippen LogP contribution in [0.25, 0.3) is 0 Å². The quantitative estimate of drug-likeness (QED) is 0.830. The van der Waals surface area contributed by atoms with E-state index in [2.05, 4.69) is 29.0 Å². The van der Waals surface area contributed by atoms with Crippen LogP contribution in [0.4, 0.5) is 0 Å². The first kappa shape index (κ1) is 16.9. The number of carbonyl (C=O) groups is 1. The fourth-order valence-corrected chi connectivity index (χ4v) is 6.49. The molecule has 22 heavy (non-hydrogen) atoms. The zero-order valence-electron chi connectivity index (χ0n) is 13.8. The van der Waals surface area contributed by atoms with Crippen LogP contribution in [-0.4, -0.2) is 70.7 Å². The highest BCUT2D eigenvalue weighted by molar-refractivity contribution is 8.03. The molecular formula is C16H29N3OS2. The van der Waals surface area contributed by atoms with E-state index in [9.17, 15) is 4.79 Å². The van der Waals surface area contributed by atoms with Crippen molar-refractivity contribution in [1.82, 2.24) is 15.1 Å². The number of carbonyl (C=O) groups excluding carboxylic acids is 1. The third-order valence-electron chi connectivity index (χ3n) is 5.50. The molecule has 3 fully saturated rings. The normalized spacial score (nSPS) is 31.2. The number of piperidine rings is 1. The van der Waals surface area contributed by atoms with Crippen LogP contribution in [0.15, 0.2) is 0 Å². The van der Waals surface area contributed by atoms with Crippen molar-refractivity contribution >= 4 is 29.4 Å². The average molecular weight is 344 g/mol. The van der Waals surface area contributed by atoms with Gasteiger partial charge in [-0.25, -0.2) is 0 Å². The second-order valence-electron chi connectivity index (χ2n) is 7.11. The summed E-state index contributed by atoms with van der Waals surface area (Å²) in [5.74, 6) is 4.76. The summed E-state index contributed by atoms with van der Waals surface area (Å²) in [6.45, 7) is 7.56. The molecule has 0 aliphatic carbocycles. The number of nitrogens with zero attached hydrogens (tertiary/aromatic N) is 2. The predicted molar refractivity (Wildman–Crippen MR) is 96.3 cm³/mol. The minimum Gasteiger partial charge on any atom is -0.338 e. The lowest BCUT2D eigenvalue weighted by molar-refractivity contribution is -0.136. The second kappa shape index (κ2) is 7.32. The monoisotopic (exact) mass is 343 g/mol. The van der Waals surface area contributed by atoms with Crippen LogP contribution in [0.3, 0.4) is 0 Å². The van der Waals surface area contributed by atoms with Gasteiger partial charge in [0.1, 0.15) is 0 Å². The maximum Gasteiger partial charge on any atom is 0.239 e. The van der Waals surface area contributed by atoms with Gasteiger partial charge in [-0.05, 0) is 51.6 Å². The van der Waals surface area contributed by atoms with E-state index < -0.39 is 0 Å². The summed E-state index contributed by atoms with van der Waals surface area (Å²) in [6, 6.07) is 0.428. The van der Waals surface area contributed by atoms with Crippen molar-refractivity contribution in [2.75, 3.05) is 42.9 Å². The van der Waals surface area contributed by atoms with Crippen molar-refractivity contribution < 1.29 is 4.79 Å². The number of nitrogens with one attached hydrogen (secondary N) is 1. The zero-order valence-corrected chi connectivity index (χ0v) is 15.5. The summed E-state index contributed by atoms with van der Waals surface area (Å²) < 4.78 is 0. The molecule has 3 heterocycles. The Morgan fingerprint density at radius 3 is 2.50 bits per heavy atom. The van der Waals surface area contributed by atoms with Gasteiger partial charge in [0.25, 0.3) is 0 Å². The Morgan fingerprint density at radius 2 is 1.86 bits per heavy atom. The van der Waals surface area contributed by atoms with Gasteiger partial charge in [0.05, 0.1) is 6.04 Å². The third-order valence-corrected chi connectivity index (χ3v) is 7.78. The molecule has 0 aromatic heterocycles. The van der Waals surface area contributed by atoms with Crippen LogP contribution in [0.2, 0.25) is 0 Å². The maximum atomic E-state index is 13.0. The molecule has 3 saturated heterocycles. The molecule has 0 bridgehead atoms. The SMILES string of the molecule is CC(C(=O)N1CC2(CCNCC2)CC1C)N1CSCCSC1. The average Bonchev–Trinajstić information content (AvgIpc) is 2.72. The van der Waals surface area contributed by atoms with Crippen molar-refractivity contribution in [3.8, 4) is 0 Å². The number of amides is 1. The number of hydrogen-bond acceptors (Lipinski definition) is 5. The van der Waals surface area contributed by atoms with Gasteiger partial charge in [0, 0.05) is 35.8 Å². The Kier molecular flexibility index (Phi) is 5.64. The molecule has 0 saturated carbocycles. The molecule has 0 radical (unpaired) electrons. The summed E-state index contributed by atoms with van der Waals surface area (Å²) in [7, 11) is 0. The molecule has 1 N–H and O–H groups in total. The van der Waals surface area contributed by atoms with E-state index in [1.54, 1.807) is 0 Å². The van der Waals surface area contributed by atoms with Crippen LogP contribution in [0.1, 0.15) is 33.1 Å². The number of thioether (sulfide) groups is 2. The highest BCUT2D eigenvalue weighted by Crippen LogP contribution is 2.42. The molecule has 126 valence electrons. The molecule has 0 aromatic carbocycles. The molecule has 0 aromatic rings. The first-order chi connectivity index (χ1) is 10.6. The molecule has 1 amide bonds. The Labute approximate surface area is 143 Å². The van der Waals surface area contributed by atoms with E-state index >= 15 is 0 Å². The summed E-state index contributed by atoms with van der Waals surface area (Å²) in [5, 5.41) is 3.46. The highest BCUT2D eigenvalue weighted by atomic mass is 32.2. The summed E-state index contributed by atoms with van der Waals surface area (Å²) in [6.07, 6.45) is 3.65. The first-order valence-corrected chi connectivity index (χ1v) is 10.8. The standard InChI is InChI=1S/C16H29N3OS2/c1-13-9-16(3-5-17-6-4-16)10-19(13)15(20)14(2)18-11-21-7-8-22-12-18/h13-14,17H,3-12H2,1-2H3. The molecular weight excluding hydrogens is 314 g/mol. The van der Waals surface area contributed by atoms with Crippen molar-refractivity contribution in [1.29, 1.82) is 0 Å². The van der Waals surface area contributed by atoms with Gasteiger partial charge >= 0.3 is 0 Å². The lowest BCUT2D eigenvalue weighted by atomic mass is 9.77. The molecule has 2 unspecified atom stereocenters. The fourth-order valence-electron chi connectivity index (χ4n) is 4.07. The molecule has 3 rings (SSSR count). The van der Waals surface area contributed by atoms with E-state index in [0.29, 0.717) is 17.4 Å². The van der Waals surface area contributed by atoms with Gasteiger partial charge in [0.2, 0.25) is 5.91 Å². The van der Waals surface area contributed by atoms with Crippen LogP contribution in [-0.2, 0) is 4.79 Å². The Bertz CT molecular complexity index is 393. The number of hydrogen-bond donors (Lipinski definition) is 1. The van der Waals surface area contributed by atoms with Gasteiger partial charge in [-0.15, -0.1) is 23.5 Å². The van der Waals surface area contributed by atoms with Crippen LogP contribution < -0.4 is 5.32 Å².